The lowest BCUT2D eigenvalue weighted by Crippen LogP contribution is -2.15. The fraction of sp³-hybridized carbons (Fsp3) is 0.0714. The molecule has 0 atom stereocenters. The monoisotopic (exact) mass is 311 g/mol. The van der Waals surface area contributed by atoms with Crippen molar-refractivity contribution in [3.05, 3.63) is 59.7 Å². The van der Waals surface area contributed by atoms with Crippen molar-refractivity contribution < 1.29 is 22.0 Å². The summed E-state index contributed by atoms with van der Waals surface area (Å²) >= 11 is 0. The summed E-state index contributed by atoms with van der Waals surface area (Å²) in [6, 6.07) is 7.87. The Morgan fingerprint density at radius 3 is 2.48 bits per heavy atom. The first-order valence-electron chi connectivity index (χ1n) is 5.88. The van der Waals surface area contributed by atoms with E-state index in [0.717, 1.165) is 12.1 Å². The van der Waals surface area contributed by atoms with Gasteiger partial charge in [0, 0.05) is 11.3 Å². The van der Waals surface area contributed by atoms with Crippen LogP contribution in [0.4, 0.5) is 14.5 Å². The van der Waals surface area contributed by atoms with Gasteiger partial charge < -0.3 is 0 Å². The van der Waals surface area contributed by atoms with Crippen LogP contribution in [-0.2, 0) is 10.0 Å². The zero-order chi connectivity index (χ0) is 15.6. The number of carbonyl (C=O) groups excluding carboxylic acids is 1. The van der Waals surface area contributed by atoms with E-state index in [9.17, 15) is 22.0 Å². The third-order valence-corrected chi connectivity index (χ3v) is 4.10. The van der Waals surface area contributed by atoms with Crippen molar-refractivity contribution in [2.45, 2.75) is 11.8 Å². The molecule has 4 nitrogen and oxygen atoms in total. The number of hydrogen-bond donors (Lipinski definition) is 1. The number of Topliss-reactive ketones (excluding diaryl/α,β-unsaturated/α-hetero) is 1. The SMILES string of the molecule is CC(=O)c1cccc(NS(=O)(=O)c2cc(F)ccc2F)c1. The van der Waals surface area contributed by atoms with Crippen LogP contribution in [0.25, 0.3) is 0 Å². The second kappa shape index (κ2) is 5.61. The first-order valence-corrected chi connectivity index (χ1v) is 7.37. The van der Waals surface area contributed by atoms with Gasteiger partial charge in [-0.25, -0.2) is 17.2 Å². The summed E-state index contributed by atoms with van der Waals surface area (Å²) < 4.78 is 52.8. The lowest BCUT2D eigenvalue weighted by Gasteiger charge is -2.09. The molecule has 0 aliphatic heterocycles. The summed E-state index contributed by atoms with van der Waals surface area (Å²) in [6.07, 6.45) is 0. The minimum absolute atomic E-state index is 0.0892. The molecule has 0 spiro atoms. The molecule has 0 fully saturated rings. The molecule has 0 bridgehead atoms. The standard InChI is InChI=1S/C14H11F2NO3S/c1-9(18)10-3-2-4-12(7-10)17-21(19,20)14-8-11(15)5-6-13(14)16/h2-8,17H,1H3. The number of anilines is 1. The molecular formula is C14H11F2NO3S. The molecule has 0 radical (unpaired) electrons. The summed E-state index contributed by atoms with van der Waals surface area (Å²) in [5.41, 5.74) is 0.390. The maximum Gasteiger partial charge on any atom is 0.264 e. The number of rotatable bonds is 4. The minimum Gasteiger partial charge on any atom is -0.295 e. The van der Waals surface area contributed by atoms with Crippen LogP contribution in [-0.4, -0.2) is 14.2 Å². The summed E-state index contributed by atoms with van der Waals surface area (Å²) in [5, 5.41) is 0. The summed E-state index contributed by atoms with van der Waals surface area (Å²) in [5.74, 6) is -2.17. The molecule has 0 aromatic heterocycles. The number of carbonyl (C=O) groups is 1. The zero-order valence-corrected chi connectivity index (χ0v) is 11.7. The first-order chi connectivity index (χ1) is 9.79. The van der Waals surface area contributed by atoms with Gasteiger partial charge in [0.2, 0.25) is 0 Å². The average molecular weight is 311 g/mol. The highest BCUT2D eigenvalue weighted by atomic mass is 32.2. The van der Waals surface area contributed by atoms with E-state index in [1.54, 1.807) is 0 Å². The van der Waals surface area contributed by atoms with Gasteiger partial charge in [0.05, 0.1) is 0 Å². The van der Waals surface area contributed by atoms with E-state index >= 15 is 0 Å². The van der Waals surface area contributed by atoms with E-state index in [2.05, 4.69) is 4.72 Å². The second-order valence-electron chi connectivity index (χ2n) is 4.32. The third kappa shape index (κ3) is 3.43. The molecule has 0 heterocycles. The van der Waals surface area contributed by atoms with Crippen molar-refractivity contribution in [2.75, 3.05) is 4.72 Å². The Kier molecular flexibility index (Phi) is 4.04. The highest BCUT2D eigenvalue weighted by Gasteiger charge is 2.20. The third-order valence-electron chi connectivity index (χ3n) is 2.70. The van der Waals surface area contributed by atoms with Crippen LogP contribution in [0.1, 0.15) is 17.3 Å². The van der Waals surface area contributed by atoms with Gasteiger partial charge in [-0.05, 0) is 37.3 Å². The van der Waals surface area contributed by atoms with Crippen molar-refractivity contribution in [3.63, 3.8) is 0 Å². The van der Waals surface area contributed by atoms with Crippen molar-refractivity contribution in [1.29, 1.82) is 0 Å². The van der Waals surface area contributed by atoms with E-state index < -0.39 is 26.6 Å². The van der Waals surface area contributed by atoms with Crippen LogP contribution in [0.3, 0.4) is 0 Å². The molecule has 0 amide bonds. The molecule has 0 aliphatic rings. The lowest BCUT2D eigenvalue weighted by atomic mass is 10.1. The Balaban J connectivity index is 2.40. The average Bonchev–Trinajstić information content (AvgIpc) is 2.41. The van der Waals surface area contributed by atoms with E-state index in [-0.39, 0.29) is 11.5 Å². The molecule has 2 rings (SSSR count). The molecule has 0 unspecified atom stereocenters. The molecule has 21 heavy (non-hydrogen) atoms. The van der Waals surface area contributed by atoms with Crippen LogP contribution in [0.2, 0.25) is 0 Å². The summed E-state index contributed by atoms with van der Waals surface area (Å²) in [6.45, 7) is 1.33. The summed E-state index contributed by atoms with van der Waals surface area (Å²) in [4.78, 5) is 10.4. The van der Waals surface area contributed by atoms with Gasteiger partial charge in [-0.3, -0.25) is 9.52 Å². The molecule has 0 saturated heterocycles. The number of nitrogens with one attached hydrogen (secondary N) is 1. The smallest absolute Gasteiger partial charge is 0.264 e. The van der Waals surface area contributed by atoms with E-state index in [1.165, 1.54) is 31.2 Å². The van der Waals surface area contributed by atoms with Crippen molar-refractivity contribution >= 4 is 21.5 Å². The number of hydrogen-bond acceptors (Lipinski definition) is 3. The normalized spacial score (nSPS) is 11.2. The largest absolute Gasteiger partial charge is 0.295 e. The van der Waals surface area contributed by atoms with Gasteiger partial charge in [-0.1, -0.05) is 12.1 Å². The lowest BCUT2D eigenvalue weighted by molar-refractivity contribution is 0.101. The Morgan fingerprint density at radius 1 is 1.10 bits per heavy atom. The van der Waals surface area contributed by atoms with Crippen molar-refractivity contribution in [1.82, 2.24) is 0 Å². The van der Waals surface area contributed by atoms with Crippen LogP contribution in [0.5, 0.6) is 0 Å². The highest BCUT2D eigenvalue weighted by Crippen LogP contribution is 2.20. The molecule has 1 N–H and O–H groups in total. The van der Waals surface area contributed by atoms with Crippen LogP contribution < -0.4 is 4.72 Å². The Hall–Kier alpha value is -2.28. The Morgan fingerprint density at radius 2 is 1.81 bits per heavy atom. The van der Waals surface area contributed by atoms with Crippen molar-refractivity contribution in [3.8, 4) is 0 Å². The molecule has 2 aromatic carbocycles. The Labute approximate surface area is 120 Å². The van der Waals surface area contributed by atoms with Gasteiger partial charge in [0.1, 0.15) is 16.5 Å². The number of halogens is 2. The Bertz CT molecular complexity index is 804. The molecule has 0 saturated carbocycles. The maximum absolute atomic E-state index is 13.5. The van der Waals surface area contributed by atoms with Crippen molar-refractivity contribution in [2.24, 2.45) is 0 Å². The van der Waals surface area contributed by atoms with Crippen LogP contribution in [0, 0.1) is 11.6 Å². The van der Waals surface area contributed by atoms with Gasteiger partial charge in [0.25, 0.3) is 10.0 Å². The predicted molar refractivity (Wildman–Crippen MR) is 73.6 cm³/mol. The van der Waals surface area contributed by atoms with Gasteiger partial charge in [-0.2, -0.15) is 0 Å². The molecule has 110 valence electrons. The number of ketones is 1. The van der Waals surface area contributed by atoms with E-state index in [0.29, 0.717) is 11.6 Å². The fourth-order valence-corrected chi connectivity index (χ4v) is 2.83. The van der Waals surface area contributed by atoms with Gasteiger partial charge in [0.15, 0.2) is 5.78 Å². The number of benzene rings is 2. The zero-order valence-electron chi connectivity index (χ0n) is 10.9. The topological polar surface area (TPSA) is 63.2 Å². The minimum atomic E-state index is -4.29. The maximum atomic E-state index is 13.5. The molecular weight excluding hydrogens is 300 g/mol. The fourth-order valence-electron chi connectivity index (χ4n) is 1.69. The molecule has 2 aromatic rings. The number of sulfonamides is 1. The second-order valence-corrected chi connectivity index (χ2v) is 5.97. The quantitative estimate of drug-likeness (QED) is 0.883. The predicted octanol–water partition coefficient (Wildman–Crippen LogP) is 2.97. The first kappa shape index (κ1) is 15.1. The van der Waals surface area contributed by atoms with Gasteiger partial charge in [-0.15, -0.1) is 0 Å². The van der Waals surface area contributed by atoms with E-state index in [4.69, 9.17) is 0 Å². The van der Waals surface area contributed by atoms with Crippen LogP contribution >= 0.6 is 0 Å². The van der Waals surface area contributed by atoms with E-state index in [1.807, 2.05) is 0 Å². The van der Waals surface area contributed by atoms with Crippen LogP contribution in [0.15, 0.2) is 47.4 Å². The molecule has 7 heteroatoms. The molecule has 0 aliphatic carbocycles. The van der Waals surface area contributed by atoms with Gasteiger partial charge >= 0.3 is 0 Å². The summed E-state index contributed by atoms with van der Waals surface area (Å²) in [7, 11) is -4.29. The highest BCUT2D eigenvalue weighted by molar-refractivity contribution is 7.92.